The second-order valence-electron chi connectivity index (χ2n) is 6.50. The largest absolute Gasteiger partial charge is 0.396 e. The van der Waals surface area contributed by atoms with Gasteiger partial charge in [0.05, 0.1) is 15.8 Å². The summed E-state index contributed by atoms with van der Waals surface area (Å²) < 4.78 is 0. The van der Waals surface area contributed by atoms with Gasteiger partial charge in [0.2, 0.25) is 0 Å². The first-order chi connectivity index (χ1) is 12.6. The molecular formula is C21H26Cl2N2O. The van der Waals surface area contributed by atoms with E-state index in [9.17, 15) is 0 Å². The molecule has 0 saturated heterocycles. The topological polar surface area (TPSA) is 24.8 Å². The summed E-state index contributed by atoms with van der Waals surface area (Å²) >= 11 is 12.2. The lowest BCUT2D eigenvalue weighted by atomic mass is 10.0. The van der Waals surface area contributed by atoms with Crippen molar-refractivity contribution in [1.82, 2.24) is 4.90 Å². The van der Waals surface area contributed by atoms with Crippen LogP contribution in [0.3, 0.4) is 0 Å². The number of rotatable bonds is 10. The fraction of sp³-hybridized carbons (Fsp3) is 0.381. The summed E-state index contributed by atoms with van der Waals surface area (Å²) in [6, 6.07) is 16.1. The van der Waals surface area contributed by atoms with Gasteiger partial charge >= 0.3 is 0 Å². The molecule has 0 heterocycles. The lowest BCUT2D eigenvalue weighted by Gasteiger charge is -2.10. The lowest BCUT2D eigenvalue weighted by molar-refractivity contribution is 0.134. The molecule has 0 spiro atoms. The number of hydrogen-bond acceptors (Lipinski definition) is 3. The maximum atomic E-state index is 6.17. The summed E-state index contributed by atoms with van der Waals surface area (Å²) in [6.07, 6.45) is 3.75. The fourth-order valence-electron chi connectivity index (χ4n) is 2.59. The average molecular weight is 393 g/mol. The highest BCUT2D eigenvalue weighted by atomic mass is 35.5. The van der Waals surface area contributed by atoms with E-state index in [4.69, 9.17) is 28.0 Å². The van der Waals surface area contributed by atoms with Crippen molar-refractivity contribution in [2.45, 2.75) is 25.7 Å². The van der Waals surface area contributed by atoms with Crippen LogP contribution in [0, 0.1) is 0 Å². The molecule has 2 rings (SSSR count). The monoisotopic (exact) mass is 392 g/mol. The van der Waals surface area contributed by atoms with Crippen LogP contribution in [0.25, 0.3) is 0 Å². The fourth-order valence-corrected chi connectivity index (χ4v) is 2.89. The zero-order valence-electron chi connectivity index (χ0n) is 15.4. The Morgan fingerprint density at radius 2 is 1.77 bits per heavy atom. The van der Waals surface area contributed by atoms with Gasteiger partial charge in [0, 0.05) is 12.1 Å². The third-order valence-corrected chi connectivity index (χ3v) is 4.73. The Morgan fingerprint density at radius 3 is 2.46 bits per heavy atom. The van der Waals surface area contributed by atoms with Crippen molar-refractivity contribution in [2.24, 2.45) is 5.16 Å². The smallest absolute Gasteiger partial charge is 0.118 e. The van der Waals surface area contributed by atoms with Crippen LogP contribution in [-0.2, 0) is 11.3 Å². The molecule has 0 N–H and O–H groups in total. The molecule has 140 valence electrons. The van der Waals surface area contributed by atoms with Crippen LogP contribution in [-0.4, -0.2) is 37.9 Å². The van der Waals surface area contributed by atoms with Crippen molar-refractivity contribution in [3.8, 4) is 0 Å². The molecule has 0 saturated carbocycles. The van der Waals surface area contributed by atoms with Crippen LogP contribution < -0.4 is 0 Å². The van der Waals surface area contributed by atoms with Gasteiger partial charge in [0.15, 0.2) is 0 Å². The highest BCUT2D eigenvalue weighted by molar-refractivity contribution is 6.42. The van der Waals surface area contributed by atoms with E-state index in [0.717, 1.165) is 43.5 Å². The van der Waals surface area contributed by atoms with Gasteiger partial charge < -0.3 is 9.74 Å². The van der Waals surface area contributed by atoms with Gasteiger partial charge in [0.25, 0.3) is 0 Å². The summed E-state index contributed by atoms with van der Waals surface area (Å²) in [4.78, 5) is 7.69. The maximum Gasteiger partial charge on any atom is 0.118 e. The number of aryl methyl sites for hydroxylation is 1. The summed E-state index contributed by atoms with van der Waals surface area (Å²) in [7, 11) is 4.10. The van der Waals surface area contributed by atoms with Crippen molar-refractivity contribution in [2.75, 3.05) is 27.2 Å². The molecule has 0 radical (unpaired) electrons. The van der Waals surface area contributed by atoms with Crippen molar-refractivity contribution >= 4 is 28.9 Å². The van der Waals surface area contributed by atoms with E-state index in [1.165, 1.54) is 5.56 Å². The zero-order valence-corrected chi connectivity index (χ0v) is 16.9. The van der Waals surface area contributed by atoms with Gasteiger partial charge in [-0.2, -0.15) is 0 Å². The molecule has 0 aliphatic carbocycles. The van der Waals surface area contributed by atoms with Crippen molar-refractivity contribution in [3.05, 3.63) is 69.7 Å². The molecule has 5 heteroatoms. The first-order valence-corrected chi connectivity index (χ1v) is 9.65. The molecule has 0 unspecified atom stereocenters. The molecule has 2 aromatic carbocycles. The van der Waals surface area contributed by atoms with Crippen LogP contribution in [0.1, 0.15) is 30.4 Å². The van der Waals surface area contributed by atoms with Crippen molar-refractivity contribution < 1.29 is 4.84 Å². The summed E-state index contributed by atoms with van der Waals surface area (Å²) in [5.74, 6) is 0. The third kappa shape index (κ3) is 7.36. The van der Waals surface area contributed by atoms with E-state index in [1.807, 2.05) is 32.3 Å². The number of hydrogen-bond donors (Lipinski definition) is 0. The number of oxime groups is 1. The molecule has 2 aromatic rings. The molecule has 0 fully saturated rings. The minimum absolute atomic E-state index is 0.535. The Kier molecular flexibility index (Phi) is 8.96. The molecule has 26 heavy (non-hydrogen) atoms. The van der Waals surface area contributed by atoms with Crippen molar-refractivity contribution in [3.63, 3.8) is 0 Å². The quantitative estimate of drug-likeness (QED) is 0.294. The SMILES string of the molecule is CN(C)CCCO/N=C(\CCCc1ccccc1)c1ccc(Cl)c(Cl)c1. The predicted octanol–water partition coefficient (Wildman–Crippen LogP) is 5.69. The van der Waals surface area contributed by atoms with Crippen LogP contribution in [0.15, 0.2) is 53.7 Å². The minimum Gasteiger partial charge on any atom is -0.396 e. The molecule has 0 amide bonds. The zero-order chi connectivity index (χ0) is 18.8. The lowest BCUT2D eigenvalue weighted by Crippen LogP contribution is -2.14. The summed E-state index contributed by atoms with van der Waals surface area (Å²) in [5.41, 5.74) is 3.19. The minimum atomic E-state index is 0.535. The van der Waals surface area contributed by atoms with Gasteiger partial charge in [-0.25, -0.2) is 0 Å². The third-order valence-electron chi connectivity index (χ3n) is 3.99. The molecule has 0 bridgehead atoms. The number of halogens is 2. The second-order valence-corrected chi connectivity index (χ2v) is 7.31. The van der Waals surface area contributed by atoms with Gasteiger partial charge in [-0.15, -0.1) is 0 Å². The highest BCUT2D eigenvalue weighted by Crippen LogP contribution is 2.24. The number of nitrogens with zero attached hydrogens (tertiary/aromatic N) is 2. The predicted molar refractivity (Wildman–Crippen MR) is 112 cm³/mol. The standard InChI is InChI=1S/C21H26Cl2N2O/c1-25(2)14-7-15-26-24-21(18-12-13-19(22)20(23)16-18)11-6-10-17-8-4-3-5-9-17/h3-5,8-9,12-13,16H,6-7,10-11,14-15H2,1-2H3/b24-21+. The molecule has 0 aliphatic rings. The average Bonchev–Trinajstić information content (AvgIpc) is 2.63. The van der Waals surface area contributed by atoms with E-state index in [-0.39, 0.29) is 0 Å². The van der Waals surface area contributed by atoms with Crippen LogP contribution >= 0.6 is 23.2 Å². The molecular weight excluding hydrogens is 367 g/mol. The Bertz CT molecular complexity index is 702. The number of benzene rings is 2. The maximum absolute atomic E-state index is 6.17. The Balaban J connectivity index is 1.99. The van der Waals surface area contributed by atoms with Crippen LogP contribution in [0.2, 0.25) is 10.0 Å². The van der Waals surface area contributed by atoms with Crippen molar-refractivity contribution in [1.29, 1.82) is 0 Å². The molecule has 0 atom stereocenters. The van der Waals surface area contributed by atoms with E-state index < -0.39 is 0 Å². The van der Waals surface area contributed by atoms with Gasteiger partial charge in [0.1, 0.15) is 6.61 Å². The summed E-state index contributed by atoms with van der Waals surface area (Å²) in [6.45, 7) is 1.58. The first kappa shape index (κ1) is 20.8. The van der Waals surface area contributed by atoms with E-state index in [1.54, 1.807) is 6.07 Å². The second kappa shape index (κ2) is 11.2. The van der Waals surface area contributed by atoms with Gasteiger partial charge in [-0.05, 0) is 57.5 Å². The Morgan fingerprint density at radius 1 is 1.00 bits per heavy atom. The van der Waals surface area contributed by atoms with Gasteiger partial charge in [-0.3, -0.25) is 0 Å². The molecule has 3 nitrogen and oxygen atoms in total. The Labute approximate surface area is 166 Å². The molecule has 0 aromatic heterocycles. The van der Waals surface area contributed by atoms with Gasteiger partial charge in [-0.1, -0.05) is 64.8 Å². The first-order valence-electron chi connectivity index (χ1n) is 8.89. The van der Waals surface area contributed by atoms with Crippen LogP contribution in [0.4, 0.5) is 0 Å². The van der Waals surface area contributed by atoms with E-state index in [0.29, 0.717) is 16.7 Å². The Hall–Kier alpha value is -1.55. The normalized spacial score (nSPS) is 11.8. The highest BCUT2D eigenvalue weighted by Gasteiger charge is 2.08. The van der Waals surface area contributed by atoms with E-state index >= 15 is 0 Å². The van der Waals surface area contributed by atoms with E-state index in [2.05, 4.69) is 34.3 Å². The van der Waals surface area contributed by atoms with Crippen LogP contribution in [0.5, 0.6) is 0 Å². The molecule has 0 aliphatic heterocycles. The summed E-state index contributed by atoms with van der Waals surface area (Å²) in [5, 5.41) is 5.47.